The molecule has 2 unspecified atom stereocenters. The number of nitrogens with one attached hydrogen (secondary N) is 1. The Bertz CT molecular complexity index is 468. The lowest BCUT2D eigenvalue weighted by Crippen LogP contribution is -2.40. The van der Waals surface area contributed by atoms with Gasteiger partial charge in [0.25, 0.3) is 5.91 Å². The molecule has 1 heterocycles. The van der Waals surface area contributed by atoms with Crippen LogP contribution in [0.25, 0.3) is 0 Å². The third-order valence-corrected chi connectivity index (χ3v) is 3.64. The van der Waals surface area contributed by atoms with E-state index in [4.69, 9.17) is 5.73 Å². The predicted molar refractivity (Wildman–Crippen MR) is 72.0 cm³/mol. The molecule has 2 atom stereocenters. The van der Waals surface area contributed by atoms with Crippen LogP contribution >= 0.6 is 0 Å². The van der Waals surface area contributed by atoms with Gasteiger partial charge >= 0.3 is 0 Å². The minimum atomic E-state index is -0.551. The number of rotatable bonds is 2. The van der Waals surface area contributed by atoms with Crippen molar-refractivity contribution in [2.24, 2.45) is 11.8 Å². The number of carbonyl (C=O) groups excluding carboxylic acids is 1. The van der Waals surface area contributed by atoms with E-state index >= 15 is 0 Å². The highest BCUT2D eigenvalue weighted by Gasteiger charge is 2.26. The van der Waals surface area contributed by atoms with Gasteiger partial charge in [0.1, 0.15) is 11.6 Å². The zero-order chi connectivity index (χ0) is 14.0. The summed E-state index contributed by atoms with van der Waals surface area (Å²) in [7, 11) is 0. The number of halogens is 1. The third kappa shape index (κ3) is 3.43. The van der Waals surface area contributed by atoms with Crippen molar-refractivity contribution in [2.45, 2.75) is 39.2 Å². The van der Waals surface area contributed by atoms with Gasteiger partial charge in [-0.05, 0) is 37.2 Å². The van der Waals surface area contributed by atoms with Gasteiger partial charge in [-0.15, -0.1) is 0 Å². The molecule has 0 aliphatic heterocycles. The summed E-state index contributed by atoms with van der Waals surface area (Å²) in [5.41, 5.74) is 5.73. The minimum absolute atomic E-state index is 0.0656. The molecule has 1 saturated carbocycles. The van der Waals surface area contributed by atoms with E-state index in [-0.39, 0.29) is 23.3 Å². The molecule has 104 valence electrons. The summed E-state index contributed by atoms with van der Waals surface area (Å²) >= 11 is 0. The number of anilines is 1. The highest BCUT2D eigenvalue weighted by molar-refractivity contribution is 5.98. The van der Waals surface area contributed by atoms with Crippen LogP contribution in [0.1, 0.15) is 43.5 Å². The lowest BCUT2D eigenvalue weighted by molar-refractivity contribution is 0.0911. The SMILES string of the molecule is CC1CC(C)CC(NC(=O)c2cc(F)cnc2N)C1. The van der Waals surface area contributed by atoms with Crippen molar-refractivity contribution in [3.8, 4) is 0 Å². The summed E-state index contributed by atoms with van der Waals surface area (Å²) in [4.78, 5) is 15.8. The fraction of sp³-hybridized carbons (Fsp3) is 0.571. The average molecular weight is 265 g/mol. The monoisotopic (exact) mass is 265 g/mol. The molecule has 5 heteroatoms. The highest BCUT2D eigenvalue weighted by Crippen LogP contribution is 2.28. The molecular weight excluding hydrogens is 245 g/mol. The van der Waals surface area contributed by atoms with Gasteiger partial charge in [0.15, 0.2) is 0 Å². The summed E-state index contributed by atoms with van der Waals surface area (Å²) in [6.45, 7) is 4.37. The van der Waals surface area contributed by atoms with E-state index in [9.17, 15) is 9.18 Å². The second-order valence-electron chi connectivity index (χ2n) is 5.67. The molecule has 0 radical (unpaired) electrons. The first-order valence-corrected chi connectivity index (χ1v) is 6.67. The summed E-state index contributed by atoms with van der Waals surface area (Å²) in [5.74, 6) is 0.366. The van der Waals surface area contributed by atoms with Crippen LogP contribution in [0.3, 0.4) is 0 Å². The van der Waals surface area contributed by atoms with Crippen LogP contribution in [0.5, 0.6) is 0 Å². The number of hydrogen-bond donors (Lipinski definition) is 2. The Morgan fingerprint density at radius 3 is 2.63 bits per heavy atom. The molecule has 4 nitrogen and oxygen atoms in total. The van der Waals surface area contributed by atoms with E-state index < -0.39 is 5.82 Å². The third-order valence-electron chi connectivity index (χ3n) is 3.64. The van der Waals surface area contributed by atoms with E-state index in [2.05, 4.69) is 24.1 Å². The topological polar surface area (TPSA) is 68.0 Å². The number of nitrogens with two attached hydrogens (primary N) is 1. The van der Waals surface area contributed by atoms with Gasteiger partial charge in [-0.3, -0.25) is 4.79 Å². The van der Waals surface area contributed by atoms with Gasteiger partial charge in [-0.25, -0.2) is 9.37 Å². The van der Waals surface area contributed by atoms with Gasteiger partial charge in [-0.2, -0.15) is 0 Å². The van der Waals surface area contributed by atoms with Crippen LogP contribution in [0.4, 0.5) is 10.2 Å². The average Bonchev–Trinajstić information content (AvgIpc) is 2.30. The largest absolute Gasteiger partial charge is 0.383 e. The lowest BCUT2D eigenvalue weighted by atomic mass is 9.80. The van der Waals surface area contributed by atoms with Crippen LogP contribution in [-0.2, 0) is 0 Å². The minimum Gasteiger partial charge on any atom is -0.383 e. The molecule has 1 aliphatic carbocycles. The standard InChI is InChI=1S/C14H20FN3O/c1-8-3-9(2)5-11(4-8)18-14(19)12-6-10(15)7-17-13(12)16/h6-9,11H,3-5H2,1-2H3,(H2,16,17)(H,18,19). The van der Waals surface area contributed by atoms with Gasteiger partial charge in [0.2, 0.25) is 0 Å². The van der Waals surface area contributed by atoms with E-state index in [1.165, 1.54) is 6.42 Å². The van der Waals surface area contributed by atoms with Crippen LogP contribution in [-0.4, -0.2) is 16.9 Å². The number of amides is 1. The Morgan fingerprint density at radius 1 is 1.37 bits per heavy atom. The van der Waals surface area contributed by atoms with Crippen LogP contribution in [0, 0.1) is 17.7 Å². The van der Waals surface area contributed by atoms with Crippen molar-refractivity contribution in [3.05, 3.63) is 23.6 Å². The summed E-state index contributed by atoms with van der Waals surface area (Å²) in [5, 5.41) is 2.94. The fourth-order valence-corrected chi connectivity index (χ4v) is 2.96. The van der Waals surface area contributed by atoms with Crippen LogP contribution < -0.4 is 11.1 Å². The van der Waals surface area contributed by atoms with E-state index in [0.717, 1.165) is 25.1 Å². The molecule has 0 bridgehead atoms. The molecule has 2 rings (SSSR count). The number of hydrogen-bond acceptors (Lipinski definition) is 3. The first-order chi connectivity index (χ1) is 8.95. The summed E-state index contributed by atoms with van der Waals surface area (Å²) < 4.78 is 13.1. The van der Waals surface area contributed by atoms with Gasteiger partial charge in [0.05, 0.1) is 11.8 Å². The van der Waals surface area contributed by atoms with Crippen molar-refractivity contribution in [1.82, 2.24) is 10.3 Å². The maximum absolute atomic E-state index is 13.1. The second kappa shape index (κ2) is 5.55. The molecule has 0 spiro atoms. The molecule has 1 aliphatic rings. The number of pyridine rings is 1. The zero-order valence-electron chi connectivity index (χ0n) is 11.3. The predicted octanol–water partition coefficient (Wildman–Crippen LogP) is 2.36. The lowest BCUT2D eigenvalue weighted by Gasteiger charge is -2.32. The molecule has 1 fully saturated rings. The molecular formula is C14H20FN3O. The maximum atomic E-state index is 13.1. The Hall–Kier alpha value is -1.65. The van der Waals surface area contributed by atoms with Crippen LogP contribution in [0.2, 0.25) is 0 Å². The van der Waals surface area contributed by atoms with Crippen LogP contribution in [0.15, 0.2) is 12.3 Å². The first-order valence-electron chi connectivity index (χ1n) is 6.67. The zero-order valence-corrected chi connectivity index (χ0v) is 11.3. The molecule has 1 aromatic heterocycles. The van der Waals surface area contributed by atoms with E-state index in [0.29, 0.717) is 11.8 Å². The van der Waals surface area contributed by atoms with E-state index in [1.54, 1.807) is 0 Å². The number of nitrogen functional groups attached to an aromatic ring is 1. The summed E-state index contributed by atoms with van der Waals surface area (Å²) in [6.07, 6.45) is 4.12. The van der Waals surface area contributed by atoms with Gasteiger partial charge in [-0.1, -0.05) is 13.8 Å². The maximum Gasteiger partial charge on any atom is 0.255 e. The van der Waals surface area contributed by atoms with Gasteiger partial charge < -0.3 is 11.1 Å². The molecule has 1 aromatic rings. The van der Waals surface area contributed by atoms with Crippen molar-refractivity contribution >= 4 is 11.7 Å². The molecule has 3 N–H and O–H groups in total. The smallest absolute Gasteiger partial charge is 0.255 e. The Balaban J connectivity index is 2.06. The Morgan fingerprint density at radius 2 is 2.00 bits per heavy atom. The van der Waals surface area contributed by atoms with E-state index in [1.807, 2.05) is 0 Å². The second-order valence-corrected chi connectivity index (χ2v) is 5.67. The molecule has 19 heavy (non-hydrogen) atoms. The normalized spacial score (nSPS) is 27.0. The van der Waals surface area contributed by atoms with Gasteiger partial charge in [0, 0.05) is 6.04 Å². The van der Waals surface area contributed by atoms with Crippen molar-refractivity contribution in [1.29, 1.82) is 0 Å². The number of aromatic nitrogens is 1. The summed E-state index contributed by atoms with van der Waals surface area (Å²) in [6, 6.07) is 1.27. The highest BCUT2D eigenvalue weighted by atomic mass is 19.1. The number of carbonyl (C=O) groups is 1. The fourth-order valence-electron chi connectivity index (χ4n) is 2.96. The Kier molecular flexibility index (Phi) is 4.02. The molecule has 1 amide bonds. The molecule has 0 aromatic carbocycles. The van der Waals surface area contributed by atoms with Crippen molar-refractivity contribution in [3.63, 3.8) is 0 Å². The van der Waals surface area contributed by atoms with Crippen molar-refractivity contribution < 1.29 is 9.18 Å². The quantitative estimate of drug-likeness (QED) is 0.862. The number of nitrogens with zero attached hydrogens (tertiary/aromatic N) is 1. The Labute approximate surface area is 112 Å². The molecule has 0 saturated heterocycles. The van der Waals surface area contributed by atoms with Crippen molar-refractivity contribution in [2.75, 3.05) is 5.73 Å². The first kappa shape index (κ1) is 13.8.